The van der Waals surface area contributed by atoms with Crippen LogP contribution in [0.15, 0.2) is 60.7 Å². The van der Waals surface area contributed by atoms with Crippen LogP contribution in [0.25, 0.3) is 10.8 Å². The lowest BCUT2D eigenvalue weighted by molar-refractivity contribution is 0.0361. The van der Waals surface area contributed by atoms with Gasteiger partial charge in [0, 0.05) is 22.1 Å². The van der Waals surface area contributed by atoms with E-state index in [1.807, 2.05) is 30.3 Å². The second-order valence-corrected chi connectivity index (χ2v) is 5.87. The Balaban J connectivity index is 1.92. The van der Waals surface area contributed by atoms with E-state index in [1.165, 1.54) is 4.90 Å². The van der Waals surface area contributed by atoms with E-state index >= 15 is 0 Å². The average molecular weight is 301 g/mol. The fourth-order valence-electron chi connectivity index (χ4n) is 3.72. The van der Waals surface area contributed by atoms with Gasteiger partial charge in [-0.2, -0.15) is 0 Å². The summed E-state index contributed by atoms with van der Waals surface area (Å²) >= 11 is 0. The topological polar surface area (TPSA) is 57.6 Å². The van der Waals surface area contributed by atoms with Crippen LogP contribution in [0.1, 0.15) is 26.3 Å². The molecule has 2 heterocycles. The molecule has 4 heteroatoms. The third-order valence-electron chi connectivity index (χ3n) is 4.75. The molecule has 0 bridgehead atoms. The van der Waals surface area contributed by atoms with Crippen LogP contribution in [0.5, 0.6) is 0 Å². The molecule has 0 radical (unpaired) electrons. The number of carbonyl (C=O) groups excluding carboxylic acids is 2. The Kier molecular flexibility index (Phi) is 2.10. The van der Waals surface area contributed by atoms with Gasteiger partial charge in [0.2, 0.25) is 11.5 Å². The summed E-state index contributed by atoms with van der Waals surface area (Å²) < 4.78 is 0. The zero-order chi connectivity index (χ0) is 15.8. The molecule has 0 aromatic heterocycles. The van der Waals surface area contributed by atoms with E-state index < -0.39 is 11.5 Å². The molecule has 4 nitrogen and oxygen atoms in total. The highest BCUT2D eigenvalue weighted by molar-refractivity contribution is 6.30. The maximum absolute atomic E-state index is 12.9. The summed E-state index contributed by atoms with van der Waals surface area (Å²) in [6, 6.07) is 17.8. The summed E-state index contributed by atoms with van der Waals surface area (Å²) in [6.45, 7) is 0. The Labute approximate surface area is 131 Å². The number of Topliss-reactive ketones (excluding diaryl/α,β-unsaturated/α-hetero) is 1. The third-order valence-corrected chi connectivity index (χ3v) is 4.75. The molecule has 0 spiro atoms. The fourth-order valence-corrected chi connectivity index (χ4v) is 3.72. The summed E-state index contributed by atoms with van der Waals surface area (Å²) in [6.07, 6.45) is 0. The van der Waals surface area contributed by atoms with E-state index in [1.54, 1.807) is 30.3 Å². The van der Waals surface area contributed by atoms with Crippen LogP contribution in [0, 0.1) is 0 Å². The maximum Gasteiger partial charge on any atom is 0.261 e. The first-order valence-electron chi connectivity index (χ1n) is 7.37. The van der Waals surface area contributed by atoms with Gasteiger partial charge in [-0.05, 0) is 17.5 Å². The van der Waals surface area contributed by atoms with Crippen molar-refractivity contribution in [3.63, 3.8) is 0 Å². The van der Waals surface area contributed by atoms with E-state index in [4.69, 9.17) is 0 Å². The maximum atomic E-state index is 12.9. The second kappa shape index (κ2) is 3.86. The molecule has 1 N–H and O–H groups in total. The number of nitrogens with zero attached hydrogens (tertiary/aromatic N) is 1. The molecule has 0 unspecified atom stereocenters. The number of ketones is 1. The fraction of sp³-hybridized carbons (Fsp3) is 0.0526. The SMILES string of the molecule is O=C1c2ccccc2[C@]2(O)C(=O)c3ccc4ccccc4c3N12. The van der Waals surface area contributed by atoms with Gasteiger partial charge < -0.3 is 5.11 Å². The van der Waals surface area contributed by atoms with Gasteiger partial charge in [0.25, 0.3) is 5.91 Å². The number of anilines is 1. The monoisotopic (exact) mass is 301 g/mol. The number of fused-ring (bicyclic) bond motifs is 7. The summed E-state index contributed by atoms with van der Waals surface area (Å²) in [4.78, 5) is 27.0. The lowest BCUT2D eigenvalue weighted by Crippen LogP contribution is -2.44. The number of rotatable bonds is 0. The van der Waals surface area contributed by atoms with E-state index in [2.05, 4.69) is 0 Å². The lowest BCUT2D eigenvalue weighted by atomic mass is 9.95. The first-order valence-corrected chi connectivity index (χ1v) is 7.37. The highest BCUT2D eigenvalue weighted by atomic mass is 16.3. The van der Waals surface area contributed by atoms with Crippen LogP contribution < -0.4 is 4.90 Å². The van der Waals surface area contributed by atoms with Crippen molar-refractivity contribution in [2.45, 2.75) is 5.72 Å². The Morgan fingerprint density at radius 2 is 1.57 bits per heavy atom. The van der Waals surface area contributed by atoms with Crippen molar-refractivity contribution in [3.8, 4) is 0 Å². The van der Waals surface area contributed by atoms with Gasteiger partial charge in [0.05, 0.1) is 5.69 Å². The summed E-state index contributed by atoms with van der Waals surface area (Å²) in [5.41, 5.74) is -0.316. The molecule has 2 aliphatic rings. The highest BCUT2D eigenvalue weighted by Crippen LogP contribution is 2.51. The van der Waals surface area contributed by atoms with Crippen molar-refractivity contribution in [2.24, 2.45) is 0 Å². The smallest absolute Gasteiger partial charge is 0.261 e. The molecule has 110 valence electrons. The van der Waals surface area contributed by atoms with E-state index in [-0.39, 0.29) is 5.91 Å². The standard InChI is InChI=1S/C19H11NO3/c21-17-14-10-9-11-5-1-2-6-12(11)16(14)20-18(22)13-7-3-4-8-15(13)19(17,20)23/h1-10,23H/t19-/m0/s1. The second-order valence-electron chi connectivity index (χ2n) is 5.87. The third kappa shape index (κ3) is 1.26. The molecule has 23 heavy (non-hydrogen) atoms. The van der Waals surface area contributed by atoms with Gasteiger partial charge >= 0.3 is 0 Å². The molecule has 1 atom stereocenters. The molecular formula is C19H11NO3. The molecule has 2 aliphatic heterocycles. The van der Waals surface area contributed by atoms with Crippen molar-refractivity contribution in [3.05, 3.63) is 77.4 Å². The van der Waals surface area contributed by atoms with E-state index in [0.29, 0.717) is 22.4 Å². The van der Waals surface area contributed by atoms with Gasteiger partial charge in [-0.15, -0.1) is 0 Å². The largest absolute Gasteiger partial charge is 0.360 e. The van der Waals surface area contributed by atoms with Crippen LogP contribution in [0.2, 0.25) is 0 Å². The van der Waals surface area contributed by atoms with Crippen LogP contribution in [0.4, 0.5) is 5.69 Å². The van der Waals surface area contributed by atoms with Crippen molar-refractivity contribution in [1.29, 1.82) is 0 Å². The number of hydrogen-bond donors (Lipinski definition) is 1. The molecule has 0 fully saturated rings. The number of aliphatic hydroxyl groups is 1. The van der Waals surface area contributed by atoms with Gasteiger partial charge in [0.1, 0.15) is 0 Å². The Bertz CT molecular complexity index is 1040. The molecule has 1 amide bonds. The molecular weight excluding hydrogens is 290 g/mol. The van der Waals surface area contributed by atoms with Crippen molar-refractivity contribution in [1.82, 2.24) is 0 Å². The van der Waals surface area contributed by atoms with E-state index in [9.17, 15) is 14.7 Å². The molecule has 3 aromatic rings. The minimum atomic E-state index is -1.93. The minimum absolute atomic E-state index is 0.341. The van der Waals surface area contributed by atoms with Crippen molar-refractivity contribution in [2.75, 3.05) is 4.90 Å². The lowest BCUT2D eigenvalue weighted by Gasteiger charge is -2.25. The minimum Gasteiger partial charge on any atom is -0.360 e. The average Bonchev–Trinajstić information content (AvgIpc) is 2.96. The number of carbonyl (C=O) groups is 2. The summed E-state index contributed by atoms with van der Waals surface area (Å²) in [7, 11) is 0. The first kappa shape index (κ1) is 12.6. The molecule has 0 saturated carbocycles. The Morgan fingerprint density at radius 3 is 2.43 bits per heavy atom. The highest BCUT2D eigenvalue weighted by Gasteiger charge is 2.60. The van der Waals surface area contributed by atoms with Crippen LogP contribution in [-0.2, 0) is 5.72 Å². The number of amides is 1. The van der Waals surface area contributed by atoms with Crippen LogP contribution >= 0.6 is 0 Å². The predicted octanol–water partition coefficient (Wildman–Crippen LogP) is 2.84. The van der Waals surface area contributed by atoms with Crippen LogP contribution in [0.3, 0.4) is 0 Å². The van der Waals surface area contributed by atoms with E-state index in [0.717, 1.165) is 10.8 Å². The summed E-state index contributed by atoms with van der Waals surface area (Å²) in [5, 5.41) is 12.9. The number of benzene rings is 3. The van der Waals surface area contributed by atoms with Gasteiger partial charge in [0.15, 0.2) is 0 Å². The molecule has 3 aromatic carbocycles. The Morgan fingerprint density at radius 1 is 0.826 bits per heavy atom. The van der Waals surface area contributed by atoms with Gasteiger partial charge in [-0.3, -0.25) is 14.5 Å². The first-order chi connectivity index (χ1) is 11.1. The zero-order valence-corrected chi connectivity index (χ0v) is 12.0. The normalized spacial score (nSPS) is 21.5. The Hall–Kier alpha value is -2.98. The summed E-state index contributed by atoms with van der Waals surface area (Å²) in [5.74, 6) is -0.789. The molecule has 0 aliphatic carbocycles. The van der Waals surface area contributed by atoms with Crippen molar-refractivity contribution >= 4 is 28.2 Å². The number of hydrogen-bond acceptors (Lipinski definition) is 3. The van der Waals surface area contributed by atoms with Gasteiger partial charge in [-0.25, -0.2) is 0 Å². The zero-order valence-electron chi connectivity index (χ0n) is 12.0. The molecule has 5 rings (SSSR count). The molecule has 0 saturated heterocycles. The van der Waals surface area contributed by atoms with Crippen LogP contribution in [-0.4, -0.2) is 16.8 Å². The predicted molar refractivity (Wildman–Crippen MR) is 85.4 cm³/mol. The quantitative estimate of drug-likeness (QED) is 0.694. The van der Waals surface area contributed by atoms with Gasteiger partial charge in [-0.1, -0.05) is 48.5 Å². The van der Waals surface area contributed by atoms with Crippen molar-refractivity contribution < 1.29 is 14.7 Å².